The second-order valence-corrected chi connectivity index (χ2v) is 12.5. The minimum absolute atomic E-state index is 0.0248. The highest BCUT2D eigenvalue weighted by Crippen LogP contribution is 2.66. The molecule has 3 fully saturated rings. The van der Waals surface area contributed by atoms with Crippen molar-refractivity contribution < 1.29 is 14.3 Å². The molecule has 6 atom stereocenters. The number of rotatable bonds is 4. The van der Waals surface area contributed by atoms with Crippen molar-refractivity contribution in [2.24, 2.45) is 34.5 Å². The Hall–Kier alpha value is -2.83. The summed E-state index contributed by atoms with van der Waals surface area (Å²) in [5.41, 5.74) is 4.57. The number of ether oxygens (including phenoxy) is 1. The third-order valence-corrected chi connectivity index (χ3v) is 10.8. The summed E-state index contributed by atoms with van der Waals surface area (Å²) in [5.74, 6) is 3.75. The molecule has 2 saturated carbocycles. The number of carbonyl (C=O) groups is 2. The highest BCUT2D eigenvalue weighted by molar-refractivity contribution is 5.81. The van der Waals surface area contributed by atoms with Crippen LogP contribution in [0.2, 0.25) is 0 Å². The van der Waals surface area contributed by atoms with Gasteiger partial charge in [-0.3, -0.25) is 9.59 Å². The second kappa shape index (κ2) is 8.60. The molecule has 1 aromatic heterocycles. The normalized spacial score (nSPS) is 35.3. The Morgan fingerprint density at radius 3 is 2.81 bits per heavy atom. The van der Waals surface area contributed by atoms with Crippen LogP contribution < -0.4 is 10.1 Å². The largest absolute Gasteiger partial charge is 0.497 e. The maximum Gasteiger partial charge on any atom is 0.226 e. The van der Waals surface area contributed by atoms with Gasteiger partial charge in [0.2, 0.25) is 11.8 Å². The van der Waals surface area contributed by atoms with Crippen molar-refractivity contribution in [3.8, 4) is 5.75 Å². The highest BCUT2D eigenvalue weighted by atomic mass is 16.5. The van der Waals surface area contributed by atoms with Gasteiger partial charge in [0.25, 0.3) is 0 Å². The summed E-state index contributed by atoms with van der Waals surface area (Å²) in [7, 11) is 3.63. The number of methoxy groups -OCH3 is 1. The van der Waals surface area contributed by atoms with Crippen molar-refractivity contribution in [1.82, 2.24) is 20.2 Å². The third-order valence-electron chi connectivity index (χ3n) is 10.8. The van der Waals surface area contributed by atoms with Crippen LogP contribution in [0.1, 0.15) is 71.5 Å². The van der Waals surface area contributed by atoms with E-state index in [2.05, 4.69) is 36.1 Å². The number of hydrogen-bond donors (Lipinski definition) is 2. The molecule has 1 saturated heterocycles. The van der Waals surface area contributed by atoms with Crippen LogP contribution in [0.15, 0.2) is 29.5 Å². The number of aromatic amines is 1. The van der Waals surface area contributed by atoms with E-state index in [-0.39, 0.29) is 28.6 Å². The summed E-state index contributed by atoms with van der Waals surface area (Å²) >= 11 is 0. The monoisotopic (exact) mass is 504 g/mol. The molecule has 37 heavy (non-hydrogen) atoms. The first-order valence-electron chi connectivity index (χ1n) is 13.9. The molecule has 1 aliphatic heterocycles. The zero-order valence-electron chi connectivity index (χ0n) is 22.8. The van der Waals surface area contributed by atoms with Gasteiger partial charge < -0.3 is 19.9 Å². The van der Waals surface area contributed by atoms with Gasteiger partial charge in [-0.25, -0.2) is 4.98 Å². The van der Waals surface area contributed by atoms with Gasteiger partial charge in [-0.2, -0.15) is 0 Å². The minimum Gasteiger partial charge on any atom is -0.497 e. The van der Waals surface area contributed by atoms with E-state index in [0.717, 1.165) is 61.1 Å². The number of aromatic nitrogens is 2. The van der Waals surface area contributed by atoms with Crippen LogP contribution in [0, 0.1) is 34.5 Å². The average molecular weight is 505 g/mol. The molecule has 7 heteroatoms. The Morgan fingerprint density at radius 1 is 1.22 bits per heavy atom. The Morgan fingerprint density at radius 2 is 2.03 bits per heavy atom. The van der Waals surface area contributed by atoms with Gasteiger partial charge in [-0.15, -0.1) is 0 Å². The van der Waals surface area contributed by atoms with Crippen LogP contribution in [-0.2, 0) is 16.1 Å². The maximum absolute atomic E-state index is 13.6. The molecular formula is C30H40N4O3. The lowest BCUT2D eigenvalue weighted by atomic mass is 9.48. The van der Waals surface area contributed by atoms with Crippen LogP contribution in [0.4, 0.5) is 0 Å². The number of piperidine rings is 1. The molecule has 0 spiro atoms. The van der Waals surface area contributed by atoms with Crippen molar-refractivity contribution in [3.05, 3.63) is 35.3 Å². The predicted molar refractivity (Wildman–Crippen MR) is 142 cm³/mol. The number of nitrogens with one attached hydrogen (secondary N) is 2. The van der Waals surface area contributed by atoms with Crippen molar-refractivity contribution in [3.63, 3.8) is 0 Å². The lowest BCUT2D eigenvalue weighted by molar-refractivity contribution is -0.138. The number of allylic oxidation sites excluding steroid dienone is 2. The molecule has 1 unspecified atom stereocenters. The molecule has 2 heterocycles. The van der Waals surface area contributed by atoms with Gasteiger partial charge >= 0.3 is 0 Å². The molecule has 2 aromatic rings. The lowest BCUT2D eigenvalue weighted by Crippen LogP contribution is -2.55. The Bertz CT molecular complexity index is 1300. The molecule has 6 rings (SSSR count). The fourth-order valence-corrected chi connectivity index (χ4v) is 9.09. The zero-order valence-corrected chi connectivity index (χ0v) is 22.8. The van der Waals surface area contributed by atoms with E-state index < -0.39 is 0 Å². The summed E-state index contributed by atoms with van der Waals surface area (Å²) < 4.78 is 5.31. The smallest absolute Gasteiger partial charge is 0.226 e. The van der Waals surface area contributed by atoms with E-state index in [4.69, 9.17) is 4.74 Å². The van der Waals surface area contributed by atoms with Crippen LogP contribution in [0.5, 0.6) is 5.75 Å². The number of imidazole rings is 1. The van der Waals surface area contributed by atoms with E-state index in [9.17, 15) is 9.59 Å². The van der Waals surface area contributed by atoms with Crippen LogP contribution in [-0.4, -0.2) is 40.8 Å². The van der Waals surface area contributed by atoms with Crippen LogP contribution >= 0.6 is 0 Å². The SMILES string of the molecule is COc1ccc2nc(CNC(=O)C3CC[C@H]4[C@@H]5CC(C)=C6N(C)C(=O)CC[C@]6(C)[C@@H]5CC[C@]34C)[nH]c2c1. The number of nitrogens with zero attached hydrogens (tertiary/aromatic N) is 2. The fraction of sp³-hybridized carbons (Fsp3) is 0.633. The van der Waals surface area contributed by atoms with Crippen molar-refractivity contribution in [2.45, 2.75) is 72.3 Å². The van der Waals surface area contributed by atoms with Gasteiger partial charge in [0.15, 0.2) is 0 Å². The summed E-state index contributed by atoms with van der Waals surface area (Å²) in [6.07, 6.45) is 6.97. The number of hydrogen-bond acceptors (Lipinski definition) is 4. The summed E-state index contributed by atoms with van der Waals surface area (Å²) in [6, 6.07) is 5.76. The molecule has 1 aromatic carbocycles. The van der Waals surface area contributed by atoms with Crippen molar-refractivity contribution in [2.75, 3.05) is 14.2 Å². The molecule has 7 nitrogen and oxygen atoms in total. The van der Waals surface area contributed by atoms with Crippen LogP contribution in [0.3, 0.4) is 0 Å². The standard InChI is InChI=1S/C30H40N4O3/c1-17-14-19-20-7-8-22(28(36)31-16-25-32-23-9-6-18(37-5)15-24(23)33-25)29(20,2)12-10-21(19)30(3)13-11-26(35)34(4)27(17)30/h6,9,15,19-22H,7-8,10-14,16H2,1-5H3,(H,31,36)(H,32,33)/t19-,20-,21+,22?,29-,30+/m0/s1. The van der Waals surface area contributed by atoms with E-state index in [1.54, 1.807) is 7.11 Å². The quantitative estimate of drug-likeness (QED) is 0.600. The molecule has 2 N–H and O–H groups in total. The number of amides is 2. The molecular weight excluding hydrogens is 464 g/mol. The minimum atomic E-state index is 0.0248. The van der Waals surface area contributed by atoms with Crippen molar-refractivity contribution in [1.29, 1.82) is 0 Å². The molecule has 2 amide bonds. The molecule has 0 radical (unpaired) electrons. The van der Waals surface area contributed by atoms with Crippen molar-refractivity contribution >= 4 is 22.8 Å². The number of H-pyrrole nitrogens is 1. The number of benzene rings is 1. The average Bonchev–Trinajstić information content (AvgIpc) is 3.45. The highest BCUT2D eigenvalue weighted by Gasteiger charge is 2.61. The van der Waals surface area contributed by atoms with E-state index in [1.807, 2.05) is 30.1 Å². The summed E-state index contributed by atoms with van der Waals surface area (Å²) in [6.45, 7) is 7.44. The number of likely N-dealkylation sites (tertiary alicyclic amines) is 1. The zero-order chi connectivity index (χ0) is 26.1. The molecule has 198 valence electrons. The second-order valence-electron chi connectivity index (χ2n) is 12.5. The van der Waals surface area contributed by atoms with E-state index in [1.165, 1.54) is 11.3 Å². The Kier molecular flexibility index (Phi) is 5.70. The fourth-order valence-electron chi connectivity index (χ4n) is 9.09. The first-order valence-corrected chi connectivity index (χ1v) is 13.9. The first kappa shape index (κ1) is 24.5. The number of carbonyl (C=O) groups excluding carboxylic acids is 2. The Labute approximate surface area is 219 Å². The lowest BCUT2D eigenvalue weighted by Gasteiger charge is -2.59. The molecule has 4 aliphatic rings. The summed E-state index contributed by atoms with van der Waals surface area (Å²) in [5, 5.41) is 3.22. The first-order chi connectivity index (χ1) is 17.7. The summed E-state index contributed by atoms with van der Waals surface area (Å²) in [4.78, 5) is 36.0. The topological polar surface area (TPSA) is 87.3 Å². The third kappa shape index (κ3) is 3.63. The number of fused-ring (bicyclic) bond motifs is 6. The predicted octanol–water partition coefficient (Wildman–Crippen LogP) is 5.18. The van der Waals surface area contributed by atoms with Gasteiger partial charge in [0.05, 0.1) is 24.7 Å². The van der Waals surface area contributed by atoms with Crippen LogP contribution in [0.25, 0.3) is 11.0 Å². The van der Waals surface area contributed by atoms with Gasteiger partial charge in [0, 0.05) is 36.6 Å². The molecule has 0 bridgehead atoms. The van der Waals surface area contributed by atoms with E-state index in [0.29, 0.717) is 30.7 Å². The van der Waals surface area contributed by atoms with Gasteiger partial charge in [-0.1, -0.05) is 19.4 Å². The van der Waals surface area contributed by atoms with Gasteiger partial charge in [-0.05, 0) is 80.8 Å². The van der Waals surface area contributed by atoms with E-state index >= 15 is 0 Å². The molecule has 3 aliphatic carbocycles. The van der Waals surface area contributed by atoms with Gasteiger partial charge in [0.1, 0.15) is 11.6 Å². The maximum atomic E-state index is 13.6. The Balaban J connectivity index is 1.19.